The number of rotatable bonds is 3. The zero-order chi connectivity index (χ0) is 17.9. The van der Waals surface area contributed by atoms with Crippen molar-refractivity contribution in [2.45, 2.75) is 6.92 Å². The molecule has 0 aliphatic carbocycles. The summed E-state index contributed by atoms with van der Waals surface area (Å²) in [6.07, 6.45) is 5.59. The molecule has 0 bridgehead atoms. The zero-order valence-electron chi connectivity index (χ0n) is 17.5. The molecule has 0 fully saturated rings. The van der Waals surface area contributed by atoms with E-state index in [0.717, 1.165) is 39.1 Å². The van der Waals surface area contributed by atoms with Gasteiger partial charge in [0.05, 0.1) is 12.4 Å². The van der Waals surface area contributed by atoms with E-state index in [1.54, 1.807) is 6.20 Å². The number of aryl methyl sites for hydroxylation is 2. The van der Waals surface area contributed by atoms with Gasteiger partial charge < -0.3 is 25.1 Å². The molecular weight excluding hydrogens is 517 g/mol. The maximum absolute atomic E-state index is 4.26. The van der Waals surface area contributed by atoms with Crippen LogP contribution in [0.3, 0.4) is 0 Å². The van der Waals surface area contributed by atoms with E-state index in [9.17, 15) is 0 Å². The third-order valence-corrected chi connectivity index (χ3v) is 4.37. The summed E-state index contributed by atoms with van der Waals surface area (Å²) in [6, 6.07) is 29.6. The van der Waals surface area contributed by atoms with Gasteiger partial charge in [-0.3, -0.25) is 28.2 Å². The standard InChI is InChI=1S/C24H17N2.CH3.B.2Y/c1-18-11-12-22(16-23(18)24-17-25-13-14-26(24)2)21-10-6-9-20(15-21)19-7-4-3-5-8-19;;;;/h3-7,9,11-14,17H,1-2H3;1H3;;;/q-3;-1;;;+3. The second-order valence-corrected chi connectivity index (χ2v) is 6.17. The topological polar surface area (TPSA) is 16.8 Å². The van der Waals surface area contributed by atoms with Crippen LogP contribution in [0.5, 0.6) is 0 Å². The van der Waals surface area contributed by atoms with Crippen LogP contribution in [0.1, 0.15) is 5.56 Å². The van der Waals surface area contributed by atoms with E-state index in [2.05, 4.69) is 52.9 Å². The molecule has 0 saturated carbocycles. The van der Waals surface area contributed by atoms with Crippen molar-refractivity contribution in [1.29, 1.82) is 0 Å². The number of hydrogen-bond donors (Lipinski definition) is 0. The number of hydrogen-bond acceptors (Lipinski definition) is 1. The number of nitrogens with zero attached hydrogens (tertiary/aromatic N) is 2. The van der Waals surface area contributed by atoms with Gasteiger partial charge in [0.1, 0.15) is 7.05 Å². The molecule has 0 saturated heterocycles. The van der Waals surface area contributed by atoms with Crippen molar-refractivity contribution in [1.82, 2.24) is 4.98 Å². The van der Waals surface area contributed by atoms with Crippen molar-refractivity contribution in [2.24, 2.45) is 7.05 Å². The van der Waals surface area contributed by atoms with Crippen molar-refractivity contribution in [2.75, 3.05) is 0 Å². The van der Waals surface area contributed by atoms with Crippen LogP contribution in [0.15, 0.2) is 67.1 Å². The summed E-state index contributed by atoms with van der Waals surface area (Å²) in [5, 5.41) is 0. The maximum Gasteiger partial charge on any atom is 3.00 e. The van der Waals surface area contributed by atoms with Gasteiger partial charge >= 0.3 is 32.7 Å². The fourth-order valence-electron chi connectivity index (χ4n) is 2.93. The molecule has 0 atom stereocenters. The Bertz CT molecular complexity index is 1070. The second-order valence-electron chi connectivity index (χ2n) is 6.17. The maximum atomic E-state index is 4.26. The molecule has 1 heterocycles. The van der Waals surface area contributed by atoms with Gasteiger partial charge in [-0.1, -0.05) is 12.5 Å². The predicted molar refractivity (Wildman–Crippen MR) is 114 cm³/mol. The van der Waals surface area contributed by atoms with Crippen LogP contribution >= 0.6 is 0 Å². The van der Waals surface area contributed by atoms with E-state index in [1.165, 1.54) is 0 Å². The van der Waals surface area contributed by atoms with Crippen LogP contribution in [0.2, 0.25) is 0 Å². The quantitative estimate of drug-likeness (QED) is 0.214. The minimum absolute atomic E-state index is 0. The fraction of sp³-hybridized carbons (Fsp3) is 0.0800. The molecule has 0 spiro atoms. The summed E-state index contributed by atoms with van der Waals surface area (Å²) in [5.41, 5.74) is 7.11. The molecule has 5 heteroatoms. The van der Waals surface area contributed by atoms with Crippen LogP contribution in [0, 0.1) is 38.6 Å². The minimum Gasteiger partial charge on any atom is -0.367 e. The Balaban J connectivity index is 0.00000210. The van der Waals surface area contributed by atoms with E-state index in [0.29, 0.717) is 0 Å². The largest absolute Gasteiger partial charge is 3.00 e. The molecule has 4 aromatic rings. The monoisotopic (exact) mass is 537 g/mol. The van der Waals surface area contributed by atoms with Crippen molar-refractivity contribution in [3.63, 3.8) is 0 Å². The first-order valence-electron chi connectivity index (χ1n) is 8.47. The Labute approximate surface area is 232 Å². The average molecular weight is 537 g/mol. The number of benzene rings is 3. The minimum atomic E-state index is 0. The van der Waals surface area contributed by atoms with Gasteiger partial charge in [-0.05, 0) is 0 Å². The molecule has 1 aromatic heterocycles. The summed E-state index contributed by atoms with van der Waals surface area (Å²) in [4.78, 5) is 4.26. The Hall–Kier alpha value is -0.987. The first-order valence-corrected chi connectivity index (χ1v) is 8.47. The van der Waals surface area contributed by atoms with Crippen LogP contribution in [0.25, 0.3) is 33.5 Å². The van der Waals surface area contributed by atoms with Gasteiger partial charge in [0, 0.05) is 41.1 Å². The normalized spacial score (nSPS) is 9.27. The van der Waals surface area contributed by atoms with Crippen LogP contribution in [0.4, 0.5) is 0 Å². The first kappa shape index (κ1) is 29.0. The second kappa shape index (κ2) is 13.4. The van der Waals surface area contributed by atoms with Gasteiger partial charge in [-0.2, -0.15) is 5.56 Å². The molecule has 3 aromatic carbocycles. The Morgan fingerprint density at radius 1 is 0.900 bits per heavy atom. The molecule has 2 nitrogen and oxygen atoms in total. The van der Waals surface area contributed by atoms with Crippen molar-refractivity contribution in [3.05, 3.63) is 104 Å². The summed E-state index contributed by atoms with van der Waals surface area (Å²) < 4.78 is 2.05. The molecule has 0 amide bonds. The molecular formula is C25H20BN2Y2-. The molecule has 0 N–H and O–H groups in total. The third-order valence-electron chi connectivity index (χ3n) is 4.37. The Morgan fingerprint density at radius 2 is 1.70 bits per heavy atom. The Morgan fingerprint density at radius 3 is 2.40 bits per heavy atom. The smallest absolute Gasteiger partial charge is 0.367 e. The number of aromatic nitrogens is 2. The van der Waals surface area contributed by atoms with E-state index >= 15 is 0 Å². The SMILES string of the molecule is Cc1ccc(-c2[c-]ccc(-c3[c-]cccc3)[c-]2)[c-]c1-c1cncc[n+]1C.[B].[CH3-].[Y+3].[Y]. The summed E-state index contributed by atoms with van der Waals surface area (Å²) in [6.45, 7) is 2.09. The van der Waals surface area contributed by atoms with Crippen molar-refractivity contribution in [3.8, 4) is 33.5 Å². The summed E-state index contributed by atoms with van der Waals surface area (Å²) in [7, 11) is 2.01. The van der Waals surface area contributed by atoms with Gasteiger partial charge in [-0.25, -0.2) is 16.7 Å². The van der Waals surface area contributed by atoms with Gasteiger partial charge in [0.25, 0.3) is 0 Å². The summed E-state index contributed by atoms with van der Waals surface area (Å²) in [5.74, 6) is 0. The van der Waals surface area contributed by atoms with Gasteiger partial charge in [0.15, 0.2) is 11.9 Å². The average Bonchev–Trinajstić information content (AvgIpc) is 2.70. The van der Waals surface area contributed by atoms with Gasteiger partial charge in [0.2, 0.25) is 0 Å². The Kier molecular flexibility index (Phi) is 13.0. The van der Waals surface area contributed by atoms with Crippen LogP contribution < -0.4 is 4.57 Å². The van der Waals surface area contributed by atoms with E-state index in [-0.39, 0.29) is 81.3 Å². The zero-order valence-corrected chi connectivity index (χ0v) is 23.2. The van der Waals surface area contributed by atoms with Crippen LogP contribution in [-0.4, -0.2) is 13.4 Å². The molecule has 0 aliphatic heterocycles. The van der Waals surface area contributed by atoms with Gasteiger partial charge in [-0.15, -0.1) is 42.0 Å². The van der Waals surface area contributed by atoms with E-state index in [1.807, 2.05) is 55.8 Å². The summed E-state index contributed by atoms with van der Waals surface area (Å²) >= 11 is 0. The fourth-order valence-corrected chi connectivity index (χ4v) is 2.93. The molecule has 0 aliphatic rings. The van der Waals surface area contributed by atoms with Crippen molar-refractivity contribution < 1.29 is 70.0 Å². The van der Waals surface area contributed by atoms with E-state index in [4.69, 9.17) is 0 Å². The molecule has 140 valence electrons. The van der Waals surface area contributed by atoms with Crippen LogP contribution in [-0.2, 0) is 72.5 Å². The molecule has 4 rings (SSSR count). The third kappa shape index (κ3) is 6.50. The molecule has 4 radical (unpaired) electrons. The molecule has 0 unspecified atom stereocenters. The molecule has 30 heavy (non-hydrogen) atoms. The van der Waals surface area contributed by atoms with Crippen molar-refractivity contribution >= 4 is 8.41 Å². The first-order chi connectivity index (χ1) is 12.7. The van der Waals surface area contributed by atoms with E-state index < -0.39 is 0 Å². The predicted octanol–water partition coefficient (Wildman–Crippen LogP) is 4.48.